The van der Waals surface area contributed by atoms with Crippen LogP contribution in [0.25, 0.3) is 0 Å². The summed E-state index contributed by atoms with van der Waals surface area (Å²) in [7, 11) is 0. The Labute approximate surface area is 174 Å². The highest BCUT2D eigenvalue weighted by Gasteiger charge is 2.39. The predicted octanol–water partition coefficient (Wildman–Crippen LogP) is 4.67. The maximum Gasteiger partial charge on any atom is 0.423 e. The number of anilines is 1. The van der Waals surface area contributed by atoms with Gasteiger partial charge >= 0.3 is 6.18 Å². The van der Waals surface area contributed by atoms with Crippen LogP contribution in [0, 0.1) is 10.1 Å². The monoisotopic (exact) mass is 439 g/mol. The van der Waals surface area contributed by atoms with Crippen molar-refractivity contribution in [1.82, 2.24) is 0 Å². The van der Waals surface area contributed by atoms with Crippen molar-refractivity contribution in [3.63, 3.8) is 0 Å². The molecule has 0 aliphatic rings. The van der Waals surface area contributed by atoms with Gasteiger partial charge in [-0.25, -0.2) is 0 Å². The molecule has 0 aliphatic heterocycles. The first-order valence-electron chi connectivity index (χ1n) is 8.50. The number of hydrogen-bond acceptors (Lipinski definition) is 6. The summed E-state index contributed by atoms with van der Waals surface area (Å²) in [5.41, 5.74) is -3.46. The molecular weight excluding hydrogens is 423 g/mol. The first-order chi connectivity index (χ1) is 13.9. The minimum absolute atomic E-state index is 0.0201. The number of nitro benzene ring substituents is 1. The number of halogens is 3. The molecule has 2 aromatic rings. The van der Waals surface area contributed by atoms with Crippen molar-refractivity contribution in [2.24, 2.45) is 4.99 Å². The van der Waals surface area contributed by atoms with Gasteiger partial charge in [0.15, 0.2) is 0 Å². The number of isothiocyanates is 1. The molecule has 7 nitrogen and oxygen atoms in total. The van der Waals surface area contributed by atoms with E-state index in [0.717, 1.165) is 11.6 Å². The number of hydrogen-bond donors (Lipinski definition) is 2. The number of aliphatic hydroxyl groups is 1. The van der Waals surface area contributed by atoms with Crippen LogP contribution in [0.4, 0.5) is 30.2 Å². The number of nitrogens with one attached hydrogen (secondary N) is 1. The van der Waals surface area contributed by atoms with E-state index in [1.807, 2.05) is 0 Å². The van der Waals surface area contributed by atoms with E-state index in [-0.39, 0.29) is 12.1 Å². The number of nitrogens with zero attached hydrogens (tertiary/aromatic N) is 2. The Balaban J connectivity index is 2.11. The van der Waals surface area contributed by atoms with Crippen molar-refractivity contribution in [3.05, 3.63) is 63.7 Å². The fourth-order valence-corrected chi connectivity index (χ4v) is 2.66. The summed E-state index contributed by atoms with van der Waals surface area (Å²) in [6, 6.07) is 8.89. The van der Waals surface area contributed by atoms with Crippen LogP contribution in [0.1, 0.15) is 24.5 Å². The Bertz CT molecular complexity index is 1000. The third kappa shape index (κ3) is 5.93. The standard InChI is InChI=1S/C19H16F3N3O4S/c1-18(27,9-8-12-2-4-13(5-3-12)23-11-30)17(26)24-14-6-7-16(25(28)29)15(10-14)19(20,21)22/h2-7,10,27H,8-9H2,1H3,(H,24,26)/t18-/m1/s1. The Morgan fingerprint density at radius 1 is 1.27 bits per heavy atom. The second kappa shape index (κ2) is 9.12. The van der Waals surface area contributed by atoms with Gasteiger partial charge < -0.3 is 10.4 Å². The van der Waals surface area contributed by atoms with Crippen LogP contribution in [0.5, 0.6) is 0 Å². The smallest absolute Gasteiger partial charge is 0.380 e. The van der Waals surface area contributed by atoms with Crippen molar-refractivity contribution in [3.8, 4) is 0 Å². The molecule has 11 heteroatoms. The summed E-state index contributed by atoms with van der Waals surface area (Å²) in [5.74, 6) is -0.939. The van der Waals surface area contributed by atoms with E-state index in [1.165, 1.54) is 6.92 Å². The Hall–Kier alpha value is -3.14. The molecule has 0 aromatic heterocycles. The number of carbonyl (C=O) groups excluding carboxylic acids is 1. The maximum atomic E-state index is 13.1. The lowest BCUT2D eigenvalue weighted by Crippen LogP contribution is -2.40. The molecule has 2 N–H and O–H groups in total. The average Bonchev–Trinajstić information content (AvgIpc) is 2.67. The van der Waals surface area contributed by atoms with Gasteiger partial charge in [-0.1, -0.05) is 12.1 Å². The normalized spacial score (nSPS) is 13.1. The number of carbonyl (C=O) groups is 1. The van der Waals surface area contributed by atoms with Gasteiger partial charge in [0.1, 0.15) is 11.2 Å². The fraction of sp³-hybridized carbons (Fsp3) is 0.263. The summed E-state index contributed by atoms with van der Waals surface area (Å²) < 4.78 is 39.2. The predicted molar refractivity (Wildman–Crippen MR) is 107 cm³/mol. The maximum absolute atomic E-state index is 13.1. The molecule has 0 aliphatic carbocycles. The number of amides is 1. The minimum atomic E-state index is -4.98. The molecule has 1 amide bonds. The summed E-state index contributed by atoms with van der Waals surface area (Å²) >= 11 is 4.51. The van der Waals surface area contributed by atoms with Crippen molar-refractivity contribution in [1.29, 1.82) is 0 Å². The van der Waals surface area contributed by atoms with Crippen LogP contribution in [0.2, 0.25) is 0 Å². The second-order valence-electron chi connectivity index (χ2n) is 6.58. The van der Waals surface area contributed by atoms with Gasteiger partial charge in [-0.2, -0.15) is 18.2 Å². The number of aryl methyl sites for hydroxylation is 1. The molecule has 0 radical (unpaired) electrons. The van der Waals surface area contributed by atoms with Gasteiger partial charge in [0, 0.05) is 11.8 Å². The molecule has 30 heavy (non-hydrogen) atoms. The second-order valence-corrected chi connectivity index (χ2v) is 6.77. The fourth-order valence-electron chi connectivity index (χ4n) is 2.56. The number of aliphatic imine (C=N–C) groups is 1. The Kier molecular flexibility index (Phi) is 7.04. The van der Waals surface area contributed by atoms with Crippen molar-refractivity contribution in [2.45, 2.75) is 31.5 Å². The van der Waals surface area contributed by atoms with Crippen LogP contribution >= 0.6 is 12.2 Å². The first-order valence-corrected chi connectivity index (χ1v) is 8.91. The number of nitro groups is 1. The van der Waals surface area contributed by atoms with E-state index in [9.17, 15) is 33.2 Å². The van der Waals surface area contributed by atoms with E-state index >= 15 is 0 Å². The van der Waals surface area contributed by atoms with E-state index in [2.05, 4.69) is 27.7 Å². The summed E-state index contributed by atoms with van der Waals surface area (Å²) in [6.45, 7) is 1.23. The highest BCUT2D eigenvalue weighted by atomic mass is 32.1. The van der Waals surface area contributed by atoms with Crippen LogP contribution in [-0.4, -0.2) is 26.7 Å². The van der Waals surface area contributed by atoms with Crippen molar-refractivity contribution >= 4 is 40.3 Å². The number of alkyl halides is 3. The minimum Gasteiger partial charge on any atom is -0.380 e. The molecule has 0 unspecified atom stereocenters. The lowest BCUT2D eigenvalue weighted by atomic mass is 9.95. The molecule has 0 saturated heterocycles. The molecule has 2 rings (SSSR count). The topological polar surface area (TPSA) is 105 Å². The van der Waals surface area contributed by atoms with E-state index in [0.29, 0.717) is 24.2 Å². The van der Waals surface area contributed by atoms with Crippen molar-refractivity contribution < 1.29 is 28.0 Å². The lowest BCUT2D eigenvalue weighted by molar-refractivity contribution is -0.388. The number of thiocarbonyl (C=S) groups is 1. The van der Waals surface area contributed by atoms with Gasteiger partial charge in [-0.05, 0) is 61.8 Å². The first kappa shape index (κ1) is 23.1. The Morgan fingerprint density at radius 2 is 1.90 bits per heavy atom. The van der Waals surface area contributed by atoms with E-state index < -0.39 is 33.9 Å². The lowest BCUT2D eigenvalue weighted by Gasteiger charge is -2.22. The molecular formula is C19H16F3N3O4S. The summed E-state index contributed by atoms with van der Waals surface area (Å²) in [4.78, 5) is 25.8. The molecule has 0 saturated carbocycles. The zero-order valence-corrected chi connectivity index (χ0v) is 16.4. The molecule has 0 spiro atoms. The molecule has 1 atom stereocenters. The molecule has 0 fully saturated rings. The molecule has 0 bridgehead atoms. The summed E-state index contributed by atoms with van der Waals surface area (Å²) in [6.07, 6.45) is -4.70. The van der Waals surface area contributed by atoms with E-state index in [4.69, 9.17) is 0 Å². The summed E-state index contributed by atoms with van der Waals surface area (Å²) in [5, 5.41) is 25.6. The van der Waals surface area contributed by atoms with Gasteiger partial charge in [-0.15, -0.1) is 0 Å². The average molecular weight is 439 g/mol. The van der Waals surface area contributed by atoms with Gasteiger partial charge in [0.2, 0.25) is 0 Å². The molecule has 0 heterocycles. The zero-order valence-electron chi connectivity index (χ0n) is 15.6. The number of benzene rings is 2. The number of rotatable bonds is 7. The molecule has 158 valence electrons. The highest BCUT2D eigenvalue weighted by Crippen LogP contribution is 2.37. The van der Waals surface area contributed by atoms with Gasteiger partial charge in [0.05, 0.1) is 15.8 Å². The molecule has 2 aromatic carbocycles. The van der Waals surface area contributed by atoms with Crippen LogP contribution < -0.4 is 5.32 Å². The van der Waals surface area contributed by atoms with Crippen molar-refractivity contribution in [2.75, 3.05) is 5.32 Å². The third-order valence-corrected chi connectivity index (χ3v) is 4.35. The quantitative estimate of drug-likeness (QED) is 0.282. The van der Waals surface area contributed by atoms with Crippen LogP contribution in [-0.2, 0) is 17.4 Å². The van der Waals surface area contributed by atoms with Crippen LogP contribution in [0.3, 0.4) is 0 Å². The zero-order chi connectivity index (χ0) is 22.5. The SMILES string of the molecule is C[C@@](O)(CCc1ccc(N=C=S)cc1)C(=O)Nc1ccc([N+](=O)[O-])c(C(F)(F)F)c1. The van der Waals surface area contributed by atoms with Crippen LogP contribution in [0.15, 0.2) is 47.5 Å². The van der Waals surface area contributed by atoms with E-state index in [1.54, 1.807) is 24.3 Å². The Morgan fingerprint density at radius 3 is 2.43 bits per heavy atom. The van der Waals surface area contributed by atoms with Gasteiger partial charge in [0.25, 0.3) is 11.6 Å². The highest BCUT2D eigenvalue weighted by molar-refractivity contribution is 7.78. The largest absolute Gasteiger partial charge is 0.423 e. The van der Waals surface area contributed by atoms with Gasteiger partial charge in [-0.3, -0.25) is 14.9 Å². The third-order valence-electron chi connectivity index (χ3n) is 4.26.